The first kappa shape index (κ1) is 17.2. The van der Waals surface area contributed by atoms with E-state index in [9.17, 15) is 14.0 Å². The maximum atomic E-state index is 13.1. The first-order valence-electron chi connectivity index (χ1n) is 7.91. The normalized spacial score (nSPS) is 13.2. The lowest BCUT2D eigenvalue weighted by Crippen LogP contribution is -2.21. The van der Waals surface area contributed by atoms with Crippen molar-refractivity contribution in [2.75, 3.05) is 22.5 Å². The molecule has 0 unspecified atom stereocenters. The molecule has 5 nitrogen and oxygen atoms in total. The van der Waals surface area contributed by atoms with Crippen molar-refractivity contribution in [3.05, 3.63) is 53.3 Å². The van der Waals surface area contributed by atoms with E-state index < -0.39 is 5.82 Å². The van der Waals surface area contributed by atoms with E-state index in [0.29, 0.717) is 5.69 Å². The number of anilines is 3. The standard InChI is InChI=1S/C18H17ClFN3O2/c19-15-9-14(7-8-16(15)20)22-17(24)10-21-12-3-5-13(6-4-12)23-18(25)11-1-2-11/h3-9,11,21H,1-2,10H2,(H,22,24)(H,23,25). The maximum absolute atomic E-state index is 13.1. The molecular formula is C18H17ClFN3O2. The van der Waals surface area contributed by atoms with Gasteiger partial charge in [-0.2, -0.15) is 0 Å². The second kappa shape index (κ2) is 7.53. The van der Waals surface area contributed by atoms with E-state index in [4.69, 9.17) is 11.6 Å². The van der Waals surface area contributed by atoms with Crippen molar-refractivity contribution in [1.29, 1.82) is 0 Å². The van der Waals surface area contributed by atoms with E-state index in [-0.39, 0.29) is 29.3 Å². The topological polar surface area (TPSA) is 70.2 Å². The number of halogens is 2. The molecule has 0 radical (unpaired) electrons. The Balaban J connectivity index is 1.48. The summed E-state index contributed by atoms with van der Waals surface area (Å²) in [6, 6.07) is 11.1. The van der Waals surface area contributed by atoms with Crippen LogP contribution in [0.1, 0.15) is 12.8 Å². The number of rotatable bonds is 6. The largest absolute Gasteiger partial charge is 0.376 e. The molecule has 0 aromatic heterocycles. The summed E-state index contributed by atoms with van der Waals surface area (Å²) in [7, 11) is 0. The molecule has 0 saturated heterocycles. The van der Waals surface area contributed by atoms with Crippen molar-refractivity contribution in [3.8, 4) is 0 Å². The van der Waals surface area contributed by atoms with E-state index in [2.05, 4.69) is 16.0 Å². The number of carbonyl (C=O) groups is 2. The van der Waals surface area contributed by atoms with Crippen molar-refractivity contribution in [2.45, 2.75) is 12.8 Å². The van der Waals surface area contributed by atoms with Gasteiger partial charge >= 0.3 is 0 Å². The van der Waals surface area contributed by atoms with Crippen LogP contribution in [0.3, 0.4) is 0 Å². The molecule has 2 aromatic rings. The van der Waals surface area contributed by atoms with Crippen molar-refractivity contribution in [1.82, 2.24) is 0 Å². The SMILES string of the molecule is O=C(CNc1ccc(NC(=O)C2CC2)cc1)Nc1ccc(F)c(Cl)c1. The molecule has 3 rings (SSSR count). The molecule has 0 atom stereocenters. The molecule has 2 aromatic carbocycles. The Morgan fingerprint density at radius 1 is 1.00 bits per heavy atom. The van der Waals surface area contributed by atoms with Gasteiger partial charge in [0.05, 0.1) is 11.6 Å². The van der Waals surface area contributed by atoms with Gasteiger partial charge < -0.3 is 16.0 Å². The zero-order valence-electron chi connectivity index (χ0n) is 13.3. The van der Waals surface area contributed by atoms with Gasteiger partial charge in [0.2, 0.25) is 11.8 Å². The summed E-state index contributed by atoms with van der Waals surface area (Å²) < 4.78 is 13.1. The lowest BCUT2D eigenvalue weighted by atomic mass is 10.2. The van der Waals surface area contributed by atoms with Gasteiger partial charge in [-0.25, -0.2) is 4.39 Å². The third-order valence-electron chi connectivity index (χ3n) is 3.76. The number of hydrogen-bond donors (Lipinski definition) is 3. The Kier molecular flexibility index (Phi) is 5.19. The van der Waals surface area contributed by atoms with Crippen LogP contribution < -0.4 is 16.0 Å². The quantitative estimate of drug-likeness (QED) is 0.731. The highest BCUT2D eigenvalue weighted by Gasteiger charge is 2.29. The van der Waals surface area contributed by atoms with Crippen molar-refractivity contribution < 1.29 is 14.0 Å². The summed E-state index contributed by atoms with van der Waals surface area (Å²) in [5, 5.41) is 8.40. The first-order valence-corrected chi connectivity index (χ1v) is 8.29. The average molecular weight is 362 g/mol. The minimum Gasteiger partial charge on any atom is -0.376 e. The molecule has 7 heteroatoms. The second-order valence-electron chi connectivity index (χ2n) is 5.87. The molecule has 1 aliphatic carbocycles. The van der Waals surface area contributed by atoms with Gasteiger partial charge in [-0.1, -0.05) is 11.6 Å². The molecule has 25 heavy (non-hydrogen) atoms. The summed E-state index contributed by atoms with van der Waals surface area (Å²) in [5.41, 5.74) is 1.90. The molecule has 130 valence electrons. The van der Waals surface area contributed by atoms with Crippen molar-refractivity contribution in [3.63, 3.8) is 0 Å². The number of benzene rings is 2. The third-order valence-corrected chi connectivity index (χ3v) is 4.05. The molecule has 0 bridgehead atoms. The summed E-state index contributed by atoms with van der Waals surface area (Å²) in [5.74, 6) is -0.611. The fourth-order valence-electron chi connectivity index (χ4n) is 2.22. The van der Waals surface area contributed by atoms with Crippen LogP contribution in [0, 0.1) is 11.7 Å². The van der Waals surface area contributed by atoms with Gasteiger partial charge in [-0.05, 0) is 55.3 Å². The molecule has 1 fully saturated rings. The van der Waals surface area contributed by atoms with Gasteiger partial charge in [-0.15, -0.1) is 0 Å². The lowest BCUT2D eigenvalue weighted by molar-refractivity contribution is -0.117. The predicted molar refractivity (Wildman–Crippen MR) is 96.3 cm³/mol. The fourth-order valence-corrected chi connectivity index (χ4v) is 2.40. The van der Waals surface area contributed by atoms with Crippen LogP contribution in [0.5, 0.6) is 0 Å². The van der Waals surface area contributed by atoms with Crippen LogP contribution in [0.15, 0.2) is 42.5 Å². The van der Waals surface area contributed by atoms with E-state index >= 15 is 0 Å². The minimum atomic E-state index is -0.536. The van der Waals surface area contributed by atoms with Gasteiger partial charge in [0.25, 0.3) is 0 Å². The van der Waals surface area contributed by atoms with Gasteiger partial charge in [-0.3, -0.25) is 9.59 Å². The summed E-state index contributed by atoms with van der Waals surface area (Å²) in [4.78, 5) is 23.6. The zero-order chi connectivity index (χ0) is 17.8. The molecule has 1 saturated carbocycles. The zero-order valence-corrected chi connectivity index (χ0v) is 14.1. The number of amides is 2. The number of carbonyl (C=O) groups excluding carboxylic acids is 2. The van der Waals surface area contributed by atoms with Gasteiger partial charge in [0, 0.05) is 23.0 Å². The molecule has 0 heterocycles. The predicted octanol–water partition coefficient (Wildman–Crippen LogP) is 3.88. The molecule has 1 aliphatic rings. The smallest absolute Gasteiger partial charge is 0.243 e. The Morgan fingerprint density at radius 2 is 1.64 bits per heavy atom. The highest BCUT2D eigenvalue weighted by molar-refractivity contribution is 6.31. The average Bonchev–Trinajstić information content (AvgIpc) is 3.43. The Morgan fingerprint density at radius 3 is 2.28 bits per heavy atom. The molecule has 2 amide bonds. The summed E-state index contributed by atoms with van der Waals surface area (Å²) in [6.07, 6.45) is 1.92. The minimum absolute atomic E-state index is 0.0444. The maximum Gasteiger partial charge on any atom is 0.243 e. The Hall–Kier alpha value is -2.60. The third kappa shape index (κ3) is 4.93. The highest BCUT2D eigenvalue weighted by atomic mass is 35.5. The van der Waals surface area contributed by atoms with E-state index in [0.717, 1.165) is 24.2 Å². The number of nitrogens with one attached hydrogen (secondary N) is 3. The van der Waals surface area contributed by atoms with Gasteiger partial charge in [0.15, 0.2) is 0 Å². The van der Waals surface area contributed by atoms with Crippen molar-refractivity contribution >= 4 is 40.5 Å². The fraction of sp³-hybridized carbons (Fsp3) is 0.222. The van der Waals surface area contributed by atoms with Crippen LogP contribution in [0.2, 0.25) is 5.02 Å². The molecular weight excluding hydrogens is 345 g/mol. The Bertz CT molecular complexity index is 791. The molecule has 0 spiro atoms. The van der Waals surface area contributed by atoms with Crippen molar-refractivity contribution in [2.24, 2.45) is 5.92 Å². The Labute approximate surface area is 149 Å². The number of hydrogen-bond acceptors (Lipinski definition) is 3. The lowest BCUT2D eigenvalue weighted by Gasteiger charge is -2.09. The molecule has 0 aliphatic heterocycles. The first-order chi connectivity index (χ1) is 12.0. The summed E-state index contributed by atoms with van der Waals surface area (Å²) >= 11 is 5.67. The van der Waals surface area contributed by atoms with Crippen LogP contribution in [-0.2, 0) is 9.59 Å². The van der Waals surface area contributed by atoms with Crippen LogP contribution in [-0.4, -0.2) is 18.4 Å². The van der Waals surface area contributed by atoms with Gasteiger partial charge in [0.1, 0.15) is 5.82 Å². The second-order valence-corrected chi connectivity index (χ2v) is 6.28. The molecule has 3 N–H and O–H groups in total. The van der Waals surface area contributed by atoms with Crippen LogP contribution in [0.25, 0.3) is 0 Å². The van der Waals surface area contributed by atoms with E-state index in [1.165, 1.54) is 18.2 Å². The van der Waals surface area contributed by atoms with Crippen LogP contribution >= 0.6 is 11.6 Å². The highest BCUT2D eigenvalue weighted by Crippen LogP contribution is 2.30. The van der Waals surface area contributed by atoms with E-state index in [1.54, 1.807) is 24.3 Å². The van der Waals surface area contributed by atoms with Crippen LogP contribution in [0.4, 0.5) is 21.5 Å². The van der Waals surface area contributed by atoms with E-state index in [1.807, 2.05) is 0 Å². The monoisotopic (exact) mass is 361 g/mol. The summed E-state index contributed by atoms with van der Waals surface area (Å²) in [6.45, 7) is 0.0444.